The van der Waals surface area contributed by atoms with Gasteiger partial charge in [-0.25, -0.2) is 0 Å². The van der Waals surface area contributed by atoms with Crippen LogP contribution in [0.2, 0.25) is 0 Å². The molecule has 1 aromatic heterocycles. The van der Waals surface area contributed by atoms with Crippen molar-refractivity contribution in [3.8, 4) is 0 Å². The summed E-state index contributed by atoms with van der Waals surface area (Å²) >= 11 is 5.10. The van der Waals surface area contributed by atoms with Crippen molar-refractivity contribution in [1.29, 1.82) is 0 Å². The summed E-state index contributed by atoms with van der Waals surface area (Å²) in [6.45, 7) is 3.65. The van der Waals surface area contributed by atoms with Crippen LogP contribution >= 0.6 is 12.2 Å². The number of hydrogen-bond acceptors (Lipinski definition) is 5. The maximum atomic E-state index is 11.8. The molecule has 29 heavy (non-hydrogen) atoms. The van der Waals surface area contributed by atoms with Gasteiger partial charge >= 0.3 is 0 Å². The topological polar surface area (TPSA) is 124 Å². The van der Waals surface area contributed by atoms with Crippen molar-refractivity contribution in [2.24, 2.45) is 0 Å². The Balaban J connectivity index is 1.62. The number of carbonyl (C=O) groups excluding carboxylic acids is 3. The highest BCUT2D eigenvalue weighted by Gasteiger charge is 2.11. The monoisotopic (exact) mass is 417 g/mol. The molecule has 2 rings (SSSR count). The average Bonchev–Trinajstić information content (AvgIpc) is 3.24. The molecular formula is C19H23N5O4S. The second-order valence-corrected chi connectivity index (χ2v) is 6.75. The quantitative estimate of drug-likeness (QED) is 0.339. The molecule has 1 heterocycles. The maximum Gasteiger partial charge on any atom is 0.287 e. The van der Waals surface area contributed by atoms with Crippen molar-refractivity contribution in [3.63, 3.8) is 0 Å². The third-order valence-corrected chi connectivity index (χ3v) is 3.96. The lowest BCUT2D eigenvalue weighted by Crippen LogP contribution is -2.48. The largest absolute Gasteiger partial charge is 0.459 e. The first-order valence-corrected chi connectivity index (χ1v) is 9.30. The van der Waals surface area contributed by atoms with Crippen LogP contribution in [-0.4, -0.2) is 35.9 Å². The van der Waals surface area contributed by atoms with Gasteiger partial charge in [-0.3, -0.25) is 25.2 Å². The van der Waals surface area contributed by atoms with E-state index in [2.05, 4.69) is 40.6 Å². The number of rotatable bonds is 7. The SMILES string of the molecule is CC(C)c1ccc(NC(=S)NNC(=O)CNC(=O)CNC(=O)c2ccco2)cc1. The van der Waals surface area contributed by atoms with Gasteiger partial charge in [-0.05, 0) is 48.0 Å². The van der Waals surface area contributed by atoms with Crippen molar-refractivity contribution in [2.45, 2.75) is 19.8 Å². The molecule has 1 aromatic carbocycles. The number of thiocarbonyl (C=S) groups is 1. The van der Waals surface area contributed by atoms with Crippen molar-refractivity contribution < 1.29 is 18.8 Å². The second kappa shape index (κ2) is 10.8. The summed E-state index contributed by atoms with van der Waals surface area (Å²) in [7, 11) is 0. The van der Waals surface area contributed by atoms with Gasteiger partial charge in [0, 0.05) is 5.69 Å². The number of amides is 3. The molecule has 10 heteroatoms. The Morgan fingerprint density at radius 2 is 1.66 bits per heavy atom. The molecule has 3 amide bonds. The molecule has 0 radical (unpaired) electrons. The molecule has 0 aliphatic carbocycles. The van der Waals surface area contributed by atoms with Crippen LogP contribution in [-0.2, 0) is 9.59 Å². The Labute approximate surface area is 173 Å². The molecule has 0 spiro atoms. The van der Waals surface area contributed by atoms with E-state index in [0.717, 1.165) is 5.69 Å². The van der Waals surface area contributed by atoms with Gasteiger partial charge in [0.1, 0.15) is 0 Å². The lowest BCUT2D eigenvalue weighted by atomic mass is 10.0. The predicted octanol–water partition coefficient (Wildman–Crippen LogP) is 1.27. The van der Waals surface area contributed by atoms with E-state index >= 15 is 0 Å². The van der Waals surface area contributed by atoms with Gasteiger partial charge in [-0.1, -0.05) is 26.0 Å². The molecule has 2 aromatic rings. The summed E-state index contributed by atoms with van der Waals surface area (Å²) in [5.74, 6) is -1.02. The number of anilines is 1. The maximum absolute atomic E-state index is 11.8. The van der Waals surface area contributed by atoms with E-state index in [1.807, 2.05) is 24.3 Å². The number of carbonyl (C=O) groups is 3. The zero-order valence-electron chi connectivity index (χ0n) is 16.1. The first-order valence-electron chi connectivity index (χ1n) is 8.89. The van der Waals surface area contributed by atoms with Crippen LogP contribution in [0.25, 0.3) is 0 Å². The molecule has 0 aliphatic rings. The second-order valence-electron chi connectivity index (χ2n) is 6.34. The van der Waals surface area contributed by atoms with Gasteiger partial charge in [0.05, 0.1) is 19.4 Å². The van der Waals surface area contributed by atoms with Gasteiger partial charge in [0.2, 0.25) is 5.91 Å². The van der Waals surface area contributed by atoms with E-state index in [0.29, 0.717) is 5.92 Å². The third-order valence-electron chi connectivity index (χ3n) is 3.75. The molecule has 9 nitrogen and oxygen atoms in total. The van der Waals surface area contributed by atoms with Crippen molar-refractivity contribution in [2.75, 3.05) is 18.4 Å². The van der Waals surface area contributed by atoms with Crippen LogP contribution in [0.5, 0.6) is 0 Å². The van der Waals surface area contributed by atoms with Crippen LogP contribution in [0.15, 0.2) is 47.1 Å². The Morgan fingerprint density at radius 3 is 2.28 bits per heavy atom. The predicted molar refractivity (Wildman–Crippen MR) is 112 cm³/mol. The average molecular weight is 417 g/mol. The van der Waals surface area contributed by atoms with E-state index in [1.165, 1.54) is 17.9 Å². The molecule has 0 fully saturated rings. The number of nitrogens with one attached hydrogen (secondary N) is 5. The van der Waals surface area contributed by atoms with E-state index < -0.39 is 17.7 Å². The summed E-state index contributed by atoms with van der Waals surface area (Å²) in [4.78, 5) is 35.1. The fraction of sp³-hybridized carbons (Fsp3) is 0.263. The normalized spacial score (nSPS) is 10.2. The summed E-state index contributed by atoms with van der Waals surface area (Å²) in [6.07, 6.45) is 1.35. The Morgan fingerprint density at radius 1 is 0.966 bits per heavy atom. The number of furan rings is 1. The van der Waals surface area contributed by atoms with Crippen molar-refractivity contribution in [1.82, 2.24) is 21.5 Å². The van der Waals surface area contributed by atoms with Gasteiger partial charge in [-0.15, -0.1) is 0 Å². The summed E-state index contributed by atoms with van der Waals surface area (Å²) < 4.78 is 4.90. The molecular weight excluding hydrogens is 394 g/mol. The smallest absolute Gasteiger partial charge is 0.287 e. The molecule has 5 N–H and O–H groups in total. The van der Waals surface area contributed by atoms with E-state index in [1.54, 1.807) is 6.07 Å². The zero-order chi connectivity index (χ0) is 21.2. The van der Waals surface area contributed by atoms with Crippen LogP contribution in [0.4, 0.5) is 5.69 Å². The molecule has 0 unspecified atom stereocenters. The zero-order valence-corrected chi connectivity index (χ0v) is 16.9. The molecule has 0 atom stereocenters. The fourth-order valence-electron chi connectivity index (χ4n) is 2.18. The lowest BCUT2D eigenvalue weighted by molar-refractivity contribution is -0.125. The molecule has 0 saturated heterocycles. The van der Waals surface area contributed by atoms with E-state index in [4.69, 9.17) is 16.6 Å². The lowest BCUT2D eigenvalue weighted by Gasteiger charge is -2.13. The molecule has 0 saturated carbocycles. The Hall–Kier alpha value is -3.40. The van der Waals surface area contributed by atoms with Gasteiger partial charge in [-0.2, -0.15) is 0 Å². The third kappa shape index (κ3) is 7.62. The van der Waals surface area contributed by atoms with Gasteiger partial charge < -0.3 is 20.4 Å². The Bertz CT molecular complexity index is 850. The fourth-order valence-corrected chi connectivity index (χ4v) is 2.35. The standard InChI is InChI=1S/C19H23N5O4S/c1-12(2)13-5-7-14(8-6-13)22-19(29)24-23-17(26)11-20-16(25)10-21-18(27)15-4-3-9-28-15/h3-9,12H,10-11H2,1-2H3,(H,20,25)(H,21,27)(H,23,26)(H2,22,24,29). The van der Waals surface area contributed by atoms with E-state index in [9.17, 15) is 14.4 Å². The van der Waals surface area contributed by atoms with Crippen LogP contribution in [0.3, 0.4) is 0 Å². The van der Waals surface area contributed by atoms with Crippen LogP contribution in [0, 0.1) is 0 Å². The van der Waals surface area contributed by atoms with Crippen molar-refractivity contribution in [3.05, 3.63) is 54.0 Å². The Kier molecular flexibility index (Phi) is 8.16. The first-order chi connectivity index (χ1) is 13.8. The highest BCUT2D eigenvalue weighted by atomic mass is 32.1. The molecule has 0 bridgehead atoms. The summed E-state index contributed by atoms with van der Waals surface area (Å²) in [6, 6.07) is 10.8. The van der Waals surface area contributed by atoms with E-state index in [-0.39, 0.29) is 24.0 Å². The van der Waals surface area contributed by atoms with Crippen molar-refractivity contribution >= 4 is 40.7 Å². The molecule has 154 valence electrons. The highest BCUT2D eigenvalue weighted by Crippen LogP contribution is 2.16. The highest BCUT2D eigenvalue weighted by molar-refractivity contribution is 7.80. The minimum Gasteiger partial charge on any atom is -0.459 e. The number of hydrazine groups is 1. The minimum absolute atomic E-state index is 0.0969. The van der Waals surface area contributed by atoms with Gasteiger partial charge in [0.25, 0.3) is 11.8 Å². The van der Waals surface area contributed by atoms with Crippen LogP contribution in [0.1, 0.15) is 35.9 Å². The summed E-state index contributed by atoms with van der Waals surface area (Å²) in [5.41, 5.74) is 6.90. The number of hydrogen-bond donors (Lipinski definition) is 5. The minimum atomic E-state index is -0.522. The van der Waals surface area contributed by atoms with Gasteiger partial charge in [0.15, 0.2) is 10.9 Å². The summed E-state index contributed by atoms with van der Waals surface area (Å²) in [5, 5.41) is 7.89. The molecule has 0 aliphatic heterocycles. The first kappa shape index (κ1) is 21.9. The van der Waals surface area contributed by atoms with Crippen LogP contribution < -0.4 is 26.8 Å². The number of benzene rings is 1.